The van der Waals surface area contributed by atoms with E-state index in [1.165, 1.54) is 0 Å². The van der Waals surface area contributed by atoms with E-state index in [4.69, 9.17) is 14.7 Å². The van der Waals surface area contributed by atoms with Gasteiger partial charge in [-0.25, -0.2) is 0 Å². The van der Waals surface area contributed by atoms with Crippen LogP contribution in [0.15, 0.2) is 18.2 Å². The van der Waals surface area contributed by atoms with Crippen molar-refractivity contribution in [1.29, 1.82) is 5.26 Å². The molecule has 0 saturated heterocycles. The van der Waals surface area contributed by atoms with Gasteiger partial charge in [-0.05, 0) is 24.5 Å². The van der Waals surface area contributed by atoms with Crippen LogP contribution in [0.25, 0.3) is 0 Å². The molecule has 16 heavy (non-hydrogen) atoms. The van der Waals surface area contributed by atoms with Gasteiger partial charge in [-0.3, -0.25) is 0 Å². The first-order chi connectivity index (χ1) is 7.83. The zero-order valence-corrected chi connectivity index (χ0v) is 9.82. The minimum atomic E-state index is 0.496. The molecule has 0 aliphatic heterocycles. The lowest BCUT2D eigenvalue weighted by atomic mass is 10.1. The van der Waals surface area contributed by atoms with Gasteiger partial charge in [-0.1, -0.05) is 19.1 Å². The van der Waals surface area contributed by atoms with E-state index in [2.05, 4.69) is 13.0 Å². The summed E-state index contributed by atoms with van der Waals surface area (Å²) in [7, 11) is 1.63. The van der Waals surface area contributed by atoms with Crippen LogP contribution in [0.1, 0.15) is 25.3 Å². The summed E-state index contributed by atoms with van der Waals surface area (Å²) < 4.78 is 10.9. The Morgan fingerprint density at radius 2 is 2.19 bits per heavy atom. The minimum absolute atomic E-state index is 0.496. The number of hydrogen-bond acceptors (Lipinski definition) is 3. The summed E-state index contributed by atoms with van der Waals surface area (Å²) in [6.45, 7) is 2.73. The number of benzene rings is 1. The zero-order valence-electron chi connectivity index (χ0n) is 9.82. The molecule has 1 aromatic rings. The standard InChI is InChI=1S/C13H17NO2/c1-3-10-16-13-11(7-5-9-14)6-4-8-12(13)15-2/h4,6,8H,3,5,7,10H2,1-2H3. The largest absolute Gasteiger partial charge is 0.493 e. The van der Waals surface area contributed by atoms with Crippen molar-refractivity contribution in [2.45, 2.75) is 26.2 Å². The lowest BCUT2D eigenvalue weighted by Gasteiger charge is -2.13. The van der Waals surface area contributed by atoms with Crippen molar-refractivity contribution in [3.63, 3.8) is 0 Å². The van der Waals surface area contributed by atoms with Crippen molar-refractivity contribution in [3.05, 3.63) is 23.8 Å². The number of methoxy groups -OCH3 is 1. The second-order valence-corrected chi connectivity index (χ2v) is 3.46. The number of nitrogens with zero attached hydrogens (tertiary/aromatic N) is 1. The average molecular weight is 219 g/mol. The van der Waals surface area contributed by atoms with Gasteiger partial charge in [-0.2, -0.15) is 5.26 Å². The van der Waals surface area contributed by atoms with Gasteiger partial charge in [0.1, 0.15) is 0 Å². The smallest absolute Gasteiger partial charge is 0.164 e. The molecule has 0 aromatic heterocycles. The van der Waals surface area contributed by atoms with E-state index in [9.17, 15) is 0 Å². The van der Waals surface area contributed by atoms with Gasteiger partial charge in [-0.15, -0.1) is 0 Å². The molecule has 0 atom stereocenters. The van der Waals surface area contributed by atoms with Crippen molar-refractivity contribution < 1.29 is 9.47 Å². The summed E-state index contributed by atoms with van der Waals surface area (Å²) in [6.07, 6.45) is 2.15. The molecule has 0 unspecified atom stereocenters. The Kier molecular flexibility index (Phi) is 5.21. The summed E-state index contributed by atoms with van der Waals surface area (Å²) in [6, 6.07) is 7.91. The maximum absolute atomic E-state index is 8.60. The zero-order chi connectivity index (χ0) is 11.8. The molecule has 1 rings (SSSR count). The van der Waals surface area contributed by atoms with Crippen LogP contribution in [0.2, 0.25) is 0 Å². The van der Waals surface area contributed by atoms with Crippen molar-refractivity contribution >= 4 is 0 Å². The van der Waals surface area contributed by atoms with E-state index in [0.717, 1.165) is 23.5 Å². The van der Waals surface area contributed by atoms with Gasteiger partial charge in [0.2, 0.25) is 0 Å². The Hall–Kier alpha value is -1.69. The molecule has 0 saturated carbocycles. The first kappa shape index (κ1) is 12.4. The van der Waals surface area contributed by atoms with Gasteiger partial charge in [0, 0.05) is 6.42 Å². The highest BCUT2D eigenvalue weighted by Gasteiger charge is 2.09. The second kappa shape index (κ2) is 6.73. The van der Waals surface area contributed by atoms with Crippen LogP contribution in [-0.2, 0) is 6.42 Å². The number of hydrogen-bond donors (Lipinski definition) is 0. The van der Waals surface area contributed by atoms with Gasteiger partial charge < -0.3 is 9.47 Å². The van der Waals surface area contributed by atoms with Gasteiger partial charge in [0.25, 0.3) is 0 Å². The molecule has 3 heteroatoms. The third-order valence-corrected chi connectivity index (χ3v) is 2.24. The lowest BCUT2D eigenvalue weighted by Crippen LogP contribution is -2.01. The number of ether oxygens (including phenoxy) is 2. The molecule has 0 aliphatic rings. The van der Waals surface area contributed by atoms with Crippen LogP contribution in [-0.4, -0.2) is 13.7 Å². The first-order valence-corrected chi connectivity index (χ1v) is 5.49. The molecule has 0 aliphatic carbocycles. The third kappa shape index (κ3) is 3.16. The first-order valence-electron chi connectivity index (χ1n) is 5.49. The van der Waals surface area contributed by atoms with E-state index < -0.39 is 0 Å². The van der Waals surface area contributed by atoms with Crippen molar-refractivity contribution in [3.8, 4) is 17.6 Å². The fourth-order valence-corrected chi connectivity index (χ4v) is 1.48. The number of rotatable bonds is 6. The lowest BCUT2D eigenvalue weighted by molar-refractivity contribution is 0.291. The Balaban J connectivity index is 2.91. The summed E-state index contributed by atoms with van der Waals surface area (Å²) >= 11 is 0. The van der Waals surface area contributed by atoms with Crippen LogP contribution < -0.4 is 9.47 Å². The highest BCUT2D eigenvalue weighted by atomic mass is 16.5. The van der Waals surface area contributed by atoms with Crippen LogP contribution in [0, 0.1) is 11.3 Å². The molecule has 0 heterocycles. The van der Waals surface area contributed by atoms with Crippen molar-refractivity contribution in [2.24, 2.45) is 0 Å². The highest BCUT2D eigenvalue weighted by molar-refractivity contribution is 5.46. The molecular weight excluding hydrogens is 202 g/mol. The predicted molar refractivity (Wildman–Crippen MR) is 62.7 cm³/mol. The third-order valence-electron chi connectivity index (χ3n) is 2.24. The minimum Gasteiger partial charge on any atom is -0.493 e. The molecule has 0 spiro atoms. The maximum Gasteiger partial charge on any atom is 0.164 e. The Bertz CT molecular complexity index is 369. The van der Waals surface area contributed by atoms with Crippen LogP contribution >= 0.6 is 0 Å². The summed E-state index contributed by atoms with van der Waals surface area (Å²) in [4.78, 5) is 0. The number of nitriles is 1. The van der Waals surface area contributed by atoms with Gasteiger partial charge in [0.05, 0.1) is 19.8 Å². The molecule has 1 aromatic carbocycles. The van der Waals surface area contributed by atoms with E-state index >= 15 is 0 Å². The van der Waals surface area contributed by atoms with Crippen LogP contribution in [0.3, 0.4) is 0 Å². The fraction of sp³-hybridized carbons (Fsp3) is 0.462. The molecule has 0 amide bonds. The topological polar surface area (TPSA) is 42.2 Å². The van der Waals surface area contributed by atoms with Gasteiger partial charge in [0.15, 0.2) is 11.5 Å². The fourth-order valence-electron chi connectivity index (χ4n) is 1.48. The quantitative estimate of drug-likeness (QED) is 0.738. The van der Waals surface area contributed by atoms with E-state index in [1.807, 2.05) is 18.2 Å². The molecular formula is C13H17NO2. The Morgan fingerprint density at radius 1 is 1.38 bits per heavy atom. The summed E-state index contributed by atoms with van der Waals surface area (Å²) in [5.74, 6) is 1.52. The SMILES string of the molecule is CCCOc1c(CCC#N)cccc1OC. The van der Waals surface area contributed by atoms with Crippen LogP contribution in [0.5, 0.6) is 11.5 Å². The Labute approximate surface area is 96.6 Å². The molecule has 0 fully saturated rings. The second-order valence-electron chi connectivity index (χ2n) is 3.46. The van der Waals surface area contributed by atoms with Crippen molar-refractivity contribution in [2.75, 3.05) is 13.7 Å². The molecule has 3 nitrogen and oxygen atoms in total. The normalized spacial score (nSPS) is 9.56. The summed E-state index contributed by atoms with van der Waals surface area (Å²) in [5, 5.41) is 8.60. The van der Waals surface area contributed by atoms with Crippen LogP contribution in [0.4, 0.5) is 0 Å². The monoisotopic (exact) mass is 219 g/mol. The van der Waals surface area contributed by atoms with E-state index in [1.54, 1.807) is 7.11 Å². The number of aryl methyl sites for hydroxylation is 1. The summed E-state index contributed by atoms with van der Waals surface area (Å²) in [5.41, 5.74) is 1.04. The van der Waals surface area contributed by atoms with E-state index in [0.29, 0.717) is 19.4 Å². The maximum atomic E-state index is 8.60. The highest BCUT2D eigenvalue weighted by Crippen LogP contribution is 2.31. The average Bonchev–Trinajstić information content (AvgIpc) is 2.33. The predicted octanol–water partition coefficient (Wildman–Crippen LogP) is 2.94. The Morgan fingerprint density at radius 3 is 2.81 bits per heavy atom. The molecule has 0 N–H and O–H groups in total. The van der Waals surface area contributed by atoms with E-state index in [-0.39, 0.29) is 0 Å². The van der Waals surface area contributed by atoms with Crippen molar-refractivity contribution in [1.82, 2.24) is 0 Å². The molecule has 86 valence electrons. The molecule has 0 bridgehead atoms. The molecule has 0 radical (unpaired) electrons. The number of para-hydroxylation sites is 1. The van der Waals surface area contributed by atoms with Gasteiger partial charge >= 0.3 is 0 Å².